The molecule has 1 heterocycles. The summed E-state index contributed by atoms with van der Waals surface area (Å²) in [5.41, 5.74) is 1.34. The summed E-state index contributed by atoms with van der Waals surface area (Å²) in [6.07, 6.45) is 0.587. The van der Waals surface area contributed by atoms with E-state index in [1.807, 2.05) is 0 Å². The second-order valence-corrected chi connectivity index (χ2v) is 3.77. The number of hydrogen-bond acceptors (Lipinski definition) is 3. The number of aryl methyl sites for hydroxylation is 1. The molecule has 2 aromatic rings. The van der Waals surface area contributed by atoms with E-state index in [1.165, 1.54) is 4.68 Å². The Bertz CT molecular complexity index is 532. The van der Waals surface area contributed by atoms with Gasteiger partial charge in [0.2, 0.25) is 5.88 Å². The number of nitrogens with zero attached hydrogens (tertiary/aromatic N) is 2. The fourth-order valence-electron chi connectivity index (χ4n) is 1.43. The molecule has 4 nitrogen and oxygen atoms in total. The van der Waals surface area contributed by atoms with Crippen LogP contribution in [0.4, 0.5) is 0 Å². The van der Waals surface area contributed by atoms with Gasteiger partial charge in [0.1, 0.15) is 0 Å². The zero-order valence-corrected chi connectivity index (χ0v) is 9.27. The highest BCUT2D eigenvalue weighted by molar-refractivity contribution is 6.30. The van der Waals surface area contributed by atoms with Crippen LogP contribution in [0.3, 0.4) is 0 Å². The number of carbonyl (C=O) groups excluding carboxylic acids is 1. The van der Waals surface area contributed by atoms with Crippen LogP contribution in [0.1, 0.15) is 16.1 Å². The minimum Gasteiger partial charge on any atom is -0.493 e. The van der Waals surface area contributed by atoms with Crippen molar-refractivity contribution >= 4 is 17.9 Å². The normalized spacial score (nSPS) is 10.4. The van der Waals surface area contributed by atoms with Gasteiger partial charge in [0, 0.05) is 5.02 Å². The number of aromatic nitrogens is 2. The molecular weight excluding hydrogens is 228 g/mol. The van der Waals surface area contributed by atoms with Crippen LogP contribution in [-0.2, 0) is 0 Å². The smallest absolute Gasteiger partial charge is 0.225 e. The lowest BCUT2D eigenvalue weighted by Crippen LogP contribution is -1.95. The molecule has 0 aliphatic heterocycles. The van der Waals surface area contributed by atoms with Crippen LogP contribution >= 0.6 is 11.6 Å². The second kappa shape index (κ2) is 3.98. The number of rotatable bonds is 2. The molecule has 0 spiro atoms. The number of aldehydes is 1. The zero-order chi connectivity index (χ0) is 11.7. The Morgan fingerprint density at radius 1 is 1.38 bits per heavy atom. The summed E-state index contributed by atoms with van der Waals surface area (Å²) in [5.74, 6) is -0.158. The summed E-state index contributed by atoms with van der Waals surface area (Å²) < 4.78 is 1.30. The van der Waals surface area contributed by atoms with E-state index in [4.69, 9.17) is 11.6 Å². The molecule has 0 saturated heterocycles. The first kappa shape index (κ1) is 10.7. The molecule has 2 rings (SSSR count). The molecule has 0 amide bonds. The van der Waals surface area contributed by atoms with Crippen LogP contribution in [0, 0.1) is 6.92 Å². The summed E-state index contributed by atoms with van der Waals surface area (Å²) in [6.45, 7) is 1.66. The van der Waals surface area contributed by atoms with Crippen LogP contribution in [0.15, 0.2) is 24.3 Å². The molecule has 0 radical (unpaired) electrons. The van der Waals surface area contributed by atoms with Crippen LogP contribution in [0.5, 0.6) is 5.88 Å². The highest BCUT2D eigenvalue weighted by atomic mass is 35.5. The first-order valence-electron chi connectivity index (χ1n) is 4.63. The molecule has 82 valence electrons. The molecule has 1 N–H and O–H groups in total. The van der Waals surface area contributed by atoms with Crippen LogP contribution in [-0.4, -0.2) is 21.2 Å². The van der Waals surface area contributed by atoms with Crippen molar-refractivity contribution in [3.05, 3.63) is 40.5 Å². The predicted octanol–water partition coefficient (Wildman–Crippen LogP) is 2.35. The Hall–Kier alpha value is -1.81. The molecule has 0 atom stereocenters. The molecule has 0 fully saturated rings. The molecule has 0 saturated carbocycles. The number of hydrogen-bond donors (Lipinski definition) is 1. The van der Waals surface area contributed by atoms with E-state index in [2.05, 4.69) is 5.10 Å². The highest BCUT2D eigenvalue weighted by Gasteiger charge is 2.14. The molecule has 5 heteroatoms. The Labute approximate surface area is 97.1 Å². The first-order valence-corrected chi connectivity index (χ1v) is 5.01. The lowest BCUT2D eigenvalue weighted by molar-refractivity contribution is 0.112. The van der Waals surface area contributed by atoms with Gasteiger partial charge < -0.3 is 5.11 Å². The van der Waals surface area contributed by atoms with E-state index < -0.39 is 0 Å². The maximum absolute atomic E-state index is 10.7. The van der Waals surface area contributed by atoms with Gasteiger partial charge in [0.25, 0.3) is 0 Å². The van der Waals surface area contributed by atoms with Crippen molar-refractivity contribution in [2.24, 2.45) is 0 Å². The van der Waals surface area contributed by atoms with Gasteiger partial charge in [0.15, 0.2) is 6.29 Å². The van der Waals surface area contributed by atoms with Crippen molar-refractivity contribution in [1.82, 2.24) is 9.78 Å². The Kier molecular flexibility index (Phi) is 2.66. The third-order valence-electron chi connectivity index (χ3n) is 2.27. The van der Waals surface area contributed by atoms with Gasteiger partial charge >= 0.3 is 0 Å². The molecule has 0 aliphatic rings. The Morgan fingerprint density at radius 2 is 2.00 bits per heavy atom. The first-order chi connectivity index (χ1) is 7.63. The molecule has 0 aliphatic carbocycles. The largest absolute Gasteiger partial charge is 0.493 e. The molecule has 1 aromatic carbocycles. The van der Waals surface area contributed by atoms with E-state index in [0.717, 1.165) is 0 Å². The maximum Gasteiger partial charge on any atom is 0.225 e. The van der Waals surface area contributed by atoms with Crippen molar-refractivity contribution < 1.29 is 9.90 Å². The van der Waals surface area contributed by atoms with Gasteiger partial charge in [-0.2, -0.15) is 5.10 Å². The average Bonchev–Trinajstić information content (AvgIpc) is 2.55. The summed E-state index contributed by atoms with van der Waals surface area (Å²) >= 11 is 5.75. The molecule has 0 bridgehead atoms. The molecule has 16 heavy (non-hydrogen) atoms. The second-order valence-electron chi connectivity index (χ2n) is 3.33. The van der Waals surface area contributed by atoms with Gasteiger partial charge in [-0.25, -0.2) is 4.68 Å². The minimum absolute atomic E-state index is 0.158. The quantitative estimate of drug-likeness (QED) is 0.815. The summed E-state index contributed by atoms with van der Waals surface area (Å²) in [7, 11) is 0. The van der Waals surface area contributed by atoms with E-state index in [1.54, 1.807) is 31.2 Å². The Balaban J connectivity index is 2.56. The topological polar surface area (TPSA) is 55.1 Å². The minimum atomic E-state index is -0.158. The van der Waals surface area contributed by atoms with E-state index in [-0.39, 0.29) is 11.4 Å². The van der Waals surface area contributed by atoms with E-state index >= 15 is 0 Å². The number of benzene rings is 1. The van der Waals surface area contributed by atoms with E-state index in [9.17, 15) is 9.90 Å². The van der Waals surface area contributed by atoms with Crippen LogP contribution in [0.2, 0.25) is 5.02 Å². The maximum atomic E-state index is 10.7. The lowest BCUT2D eigenvalue weighted by atomic mass is 10.3. The van der Waals surface area contributed by atoms with Crippen molar-refractivity contribution in [3.8, 4) is 11.6 Å². The molecule has 0 unspecified atom stereocenters. The van der Waals surface area contributed by atoms with E-state index in [0.29, 0.717) is 22.7 Å². The van der Waals surface area contributed by atoms with Gasteiger partial charge in [-0.3, -0.25) is 4.79 Å². The number of aromatic hydroxyl groups is 1. The van der Waals surface area contributed by atoms with Gasteiger partial charge in [-0.1, -0.05) is 11.6 Å². The fourth-order valence-corrected chi connectivity index (χ4v) is 1.55. The molecule has 1 aromatic heterocycles. The third kappa shape index (κ3) is 1.67. The SMILES string of the molecule is Cc1nn(-c2ccc(Cl)cc2)c(O)c1C=O. The van der Waals surface area contributed by atoms with Gasteiger partial charge in [-0.15, -0.1) is 0 Å². The summed E-state index contributed by atoms with van der Waals surface area (Å²) in [6, 6.07) is 6.80. The average molecular weight is 237 g/mol. The van der Waals surface area contributed by atoms with Crippen molar-refractivity contribution in [1.29, 1.82) is 0 Å². The highest BCUT2D eigenvalue weighted by Crippen LogP contribution is 2.23. The lowest BCUT2D eigenvalue weighted by Gasteiger charge is -2.02. The molecular formula is C11H9ClN2O2. The standard InChI is InChI=1S/C11H9ClN2O2/c1-7-10(6-15)11(16)14(13-7)9-4-2-8(12)3-5-9/h2-6,16H,1H3. The van der Waals surface area contributed by atoms with Gasteiger partial charge in [-0.05, 0) is 31.2 Å². The van der Waals surface area contributed by atoms with Crippen LogP contribution in [0.25, 0.3) is 5.69 Å². The van der Waals surface area contributed by atoms with Gasteiger partial charge in [0.05, 0.1) is 16.9 Å². The number of halogens is 1. The summed E-state index contributed by atoms with van der Waals surface area (Å²) in [4.78, 5) is 10.7. The monoisotopic (exact) mass is 236 g/mol. The van der Waals surface area contributed by atoms with Crippen LogP contribution < -0.4 is 0 Å². The fraction of sp³-hybridized carbons (Fsp3) is 0.0909. The zero-order valence-electron chi connectivity index (χ0n) is 8.51. The third-order valence-corrected chi connectivity index (χ3v) is 2.52. The van der Waals surface area contributed by atoms with Crippen molar-refractivity contribution in [2.75, 3.05) is 0 Å². The van der Waals surface area contributed by atoms with Crippen molar-refractivity contribution in [2.45, 2.75) is 6.92 Å². The Morgan fingerprint density at radius 3 is 2.50 bits per heavy atom. The predicted molar refractivity (Wildman–Crippen MR) is 60.4 cm³/mol. The number of carbonyl (C=O) groups is 1. The summed E-state index contributed by atoms with van der Waals surface area (Å²) in [5, 5.41) is 14.4. The van der Waals surface area contributed by atoms with Crippen molar-refractivity contribution in [3.63, 3.8) is 0 Å².